The molecule has 0 heterocycles. The molecule has 6 N–H and O–H groups in total. The van der Waals surface area contributed by atoms with Crippen LogP contribution < -0.4 is 11.5 Å². The Morgan fingerprint density at radius 3 is 2.31 bits per heavy atom. The van der Waals surface area contributed by atoms with Crippen LogP contribution in [0, 0.1) is 4.91 Å². The Morgan fingerprint density at radius 1 is 1.31 bits per heavy atom. The van der Waals surface area contributed by atoms with Crippen molar-refractivity contribution in [3.63, 3.8) is 0 Å². The maximum atomic E-state index is 8.47. The van der Waals surface area contributed by atoms with Crippen LogP contribution in [0.15, 0.2) is 10.2 Å². The van der Waals surface area contributed by atoms with Gasteiger partial charge in [0.15, 0.2) is 0 Å². The van der Waals surface area contributed by atoms with Gasteiger partial charge in [-0.1, -0.05) is 26.2 Å². The largest absolute Gasteiger partial charge is 0.472 e. The molecule has 0 aliphatic heterocycles. The molecule has 0 bridgehead atoms. The number of unbranched alkanes of at least 4 members (excludes halogenated alkanes) is 4. The second-order valence-corrected chi connectivity index (χ2v) is 2.92. The van der Waals surface area contributed by atoms with Crippen molar-refractivity contribution < 1.29 is 15.5 Å². The van der Waals surface area contributed by atoms with Gasteiger partial charge < -0.3 is 11.5 Å². The van der Waals surface area contributed by atoms with Crippen LogP contribution in [0.25, 0.3) is 0 Å². The lowest BCUT2D eigenvalue weighted by atomic mass is 10.2. The van der Waals surface area contributed by atoms with Crippen molar-refractivity contribution in [2.45, 2.75) is 39.0 Å². The Morgan fingerprint density at radius 2 is 1.88 bits per heavy atom. The number of rotatable bonds is 6. The Bertz CT molecular complexity index is 222. The van der Waals surface area contributed by atoms with Crippen molar-refractivity contribution in [1.29, 1.82) is 0 Å². The first-order valence-electron chi connectivity index (χ1n) is 4.96. The van der Waals surface area contributed by atoms with Crippen LogP contribution in [-0.4, -0.2) is 27.7 Å². The van der Waals surface area contributed by atoms with E-state index in [1.54, 1.807) is 6.21 Å². The first-order chi connectivity index (χ1) is 7.50. The van der Waals surface area contributed by atoms with Crippen LogP contribution >= 0.6 is 0 Å². The topological polar surface area (TPSA) is 137 Å². The summed E-state index contributed by atoms with van der Waals surface area (Å²) in [5.74, 6) is 0.0137. The molecule has 0 aliphatic carbocycles. The fourth-order valence-electron chi connectivity index (χ4n) is 0.828. The zero-order valence-electron chi connectivity index (χ0n) is 9.41. The van der Waals surface area contributed by atoms with Crippen molar-refractivity contribution in [2.75, 3.05) is 0 Å². The van der Waals surface area contributed by atoms with Crippen LogP contribution in [0.3, 0.4) is 0 Å². The zero-order valence-corrected chi connectivity index (χ0v) is 9.41. The molecule has 0 aromatic rings. The van der Waals surface area contributed by atoms with E-state index in [-0.39, 0.29) is 5.96 Å². The minimum absolute atomic E-state index is 0.0137. The molecule has 16 heavy (non-hydrogen) atoms. The Hall–Kier alpha value is -1.86. The average Bonchev–Trinajstić information content (AvgIpc) is 2.15. The smallest absolute Gasteiger partial charge is 0.369 e. The maximum absolute atomic E-state index is 8.47. The van der Waals surface area contributed by atoms with E-state index in [4.69, 9.17) is 26.8 Å². The van der Waals surface area contributed by atoms with Gasteiger partial charge in [-0.05, 0) is 12.8 Å². The van der Waals surface area contributed by atoms with Crippen molar-refractivity contribution in [1.82, 2.24) is 0 Å². The van der Waals surface area contributed by atoms with Gasteiger partial charge in [-0.25, -0.2) is 10.4 Å². The second kappa shape index (κ2) is 13.1. The molecule has 8 heteroatoms. The third kappa shape index (κ3) is 29.6. The summed E-state index contributed by atoms with van der Waals surface area (Å²) in [4.78, 5) is 8.47. The monoisotopic (exact) mass is 234 g/mol. The van der Waals surface area contributed by atoms with Gasteiger partial charge in [0.05, 0.1) is 0 Å². The molecule has 0 fully saturated rings. The van der Waals surface area contributed by atoms with E-state index >= 15 is 0 Å². The number of guanidine groups is 1. The highest BCUT2D eigenvalue weighted by atomic mass is 16.9. The molecule has 0 rings (SSSR count). The predicted molar refractivity (Wildman–Crippen MR) is 60.3 cm³/mol. The van der Waals surface area contributed by atoms with Crippen LogP contribution in [-0.2, 0) is 0 Å². The minimum atomic E-state index is -1.25. The molecule has 0 aliphatic rings. The standard InChI is InChI=1S/C8H18N4.H2NO3/c1-2-3-4-5-6-7-11-12-8(9)10;2-1(3)4/h7H,2-6H2,1H3,(H4,9,10,12);(H2,2,3,4)/q;+1/b11-7+;. The lowest BCUT2D eigenvalue weighted by Gasteiger charge is -1.92. The van der Waals surface area contributed by atoms with Gasteiger partial charge in [0.1, 0.15) is 4.91 Å². The van der Waals surface area contributed by atoms with E-state index in [0.29, 0.717) is 0 Å². The van der Waals surface area contributed by atoms with Crippen LogP contribution in [0.2, 0.25) is 0 Å². The molecule has 94 valence electrons. The third-order valence-electron chi connectivity index (χ3n) is 1.44. The molecule has 8 nitrogen and oxygen atoms in total. The van der Waals surface area contributed by atoms with E-state index in [2.05, 4.69) is 17.1 Å². The predicted octanol–water partition coefficient (Wildman–Crippen LogP) is 0.760. The van der Waals surface area contributed by atoms with E-state index < -0.39 is 5.09 Å². The Kier molecular flexibility index (Phi) is 13.6. The highest BCUT2D eigenvalue weighted by Gasteiger charge is 1.84. The third-order valence-corrected chi connectivity index (χ3v) is 1.44. The molecular formula is C8H20N5O3+. The van der Waals surface area contributed by atoms with E-state index in [1.807, 2.05) is 0 Å². The van der Waals surface area contributed by atoms with Crippen LogP contribution in [0.1, 0.15) is 39.0 Å². The molecule has 0 radical (unpaired) electrons. The summed E-state index contributed by atoms with van der Waals surface area (Å²) < 4.78 is 0. The van der Waals surface area contributed by atoms with Gasteiger partial charge in [0, 0.05) is 6.21 Å². The lowest BCUT2D eigenvalue weighted by molar-refractivity contribution is -0.969. The molecule has 0 saturated heterocycles. The molecular weight excluding hydrogens is 214 g/mol. The van der Waals surface area contributed by atoms with E-state index in [9.17, 15) is 0 Å². The van der Waals surface area contributed by atoms with Crippen molar-refractivity contribution >= 4 is 12.2 Å². The quantitative estimate of drug-likeness (QED) is 0.232. The average molecular weight is 234 g/mol. The van der Waals surface area contributed by atoms with E-state index in [0.717, 1.165) is 12.8 Å². The molecule has 0 saturated carbocycles. The minimum Gasteiger partial charge on any atom is -0.369 e. The lowest BCUT2D eigenvalue weighted by Crippen LogP contribution is -2.21. The summed E-state index contributed by atoms with van der Waals surface area (Å²) in [5.41, 5.74) is 10.1. The first kappa shape index (κ1) is 16.6. The fourth-order valence-corrected chi connectivity index (χ4v) is 0.828. The van der Waals surface area contributed by atoms with Crippen molar-refractivity contribution in [2.24, 2.45) is 21.7 Å². The van der Waals surface area contributed by atoms with Gasteiger partial charge in [-0.3, -0.25) is 0 Å². The normalized spacial score (nSPS) is 9.31. The highest BCUT2D eigenvalue weighted by Crippen LogP contribution is 2.00. The summed E-state index contributed by atoms with van der Waals surface area (Å²) in [6.07, 6.45) is 7.66. The van der Waals surface area contributed by atoms with Crippen molar-refractivity contribution in [3.8, 4) is 0 Å². The fraction of sp³-hybridized carbons (Fsp3) is 0.750. The van der Waals surface area contributed by atoms with Gasteiger partial charge in [0.2, 0.25) is 5.96 Å². The molecule has 0 atom stereocenters. The van der Waals surface area contributed by atoms with Gasteiger partial charge >= 0.3 is 5.09 Å². The summed E-state index contributed by atoms with van der Waals surface area (Å²) in [5, 5.41) is 19.7. The van der Waals surface area contributed by atoms with Gasteiger partial charge in [0.25, 0.3) is 0 Å². The summed E-state index contributed by atoms with van der Waals surface area (Å²) in [6, 6.07) is 0. The second-order valence-electron chi connectivity index (χ2n) is 2.92. The molecule has 0 spiro atoms. The highest BCUT2D eigenvalue weighted by molar-refractivity contribution is 5.76. The molecule has 0 amide bonds. The number of hydrogen-bond acceptors (Lipinski definition) is 3. The van der Waals surface area contributed by atoms with Crippen LogP contribution in [0.5, 0.6) is 0 Å². The zero-order chi connectivity index (χ0) is 12.8. The first-order valence-corrected chi connectivity index (χ1v) is 4.96. The summed E-state index contributed by atoms with van der Waals surface area (Å²) >= 11 is 0. The summed E-state index contributed by atoms with van der Waals surface area (Å²) in [6.45, 7) is 2.19. The molecule has 0 aromatic carbocycles. The molecule has 0 aromatic heterocycles. The Labute approximate surface area is 94.1 Å². The SMILES string of the molecule is CCCCCC/C=N/N=C(N)N.O=[N+](O)O. The van der Waals surface area contributed by atoms with Gasteiger partial charge in [-0.2, -0.15) is 5.10 Å². The summed E-state index contributed by atoms with van der Waals surface area (Å²) in [7, 11) is 0. The van der Waals surface area contributed by atoms with Crippen molar-refractivity contribution in [3.05, 3.63) is 4.91 Å². The number of hydrogen-bond donors (Lipinski definition) is 4. The maximum Gasteiger partial charge on any atom is 0.472 e. The number of nitrogens with zero attached hydrogens (tertiary/aromatic N) is 3. The Balaban J connectivity index is 0. The van der Waals surface area contributed by atoms with Crippen LogP contribution in [0.4, 0.5) is 0 Å². The van der Waals surface area contributed by atoms with E-state index in [1.165, 1.54) is 19.3 Å². The molecule has 0 unspecified atom stereocenters. The van der Waals surface area contributed by atoms with Gasteiger partial charge in [-0.15, -0.1) is 5.10 Å². The number of nitrogens with two attached hydrogens (primary N) is 2.